The fourth-order valence-corrected chi connectivity index (χ4v) is 2.39. The van der Waals surface area contributed by atoms with Crippen LogP contribution in [-0.2, 0) is 0 Å². The van der Waals surface area contributed by atoms with Gasteiger partial charge in [0.25, 0.3) is 5.91 Å². The molecule has 5 nitrogen and oxygen atoms in total. The van der Waals surface area contributed by atoms with Gasteiger partial charge in [-0.2, -0.15) is 0 Å². The van der Waals surface area contributed by atoms with E-state index in [1.807, 2.05) is 17.0 Å². The zero-order valence-electron chi connectivity index (χ0n) is 10.3. The first-order valence-corrected chi connectivity index (χ1v) is 6.17. The van der Waals surface area contributed by atoms with Gasteiger partial charge in [-0.25, -0.2) is 0 Å². The number of rotatable bonds is 1. The number of fused-ring (bicyclic) bond motifs is 1. The van der Waals surface area contributed by atoms with Crippen molar-refractivity contribution >= 4 is 5.91 Å². The summed E-state index contributed by atoms with van der Waals surface area (Å²) in [5, 5.41) is 3.32. The minimum Gasteiger partial charge on any atom is -0.454 e. The summed E-state index contributed by atoms with van der Waals surface area (Å²) in [5.41, 5.74) is 0.596. The lowest BCUT2D eigenvalue weighted by Gasteiger charge is -2.32. The van der Waals surface area contributed by atoms with Crippen molar-refractivity contribution in [2.24, 2.45) is 0 Å². The minimum atomic E-state index is 0.0192. The third-order valence-corrected chi connectivity index (χ3v) is 3.28. The summed E-state index contributed by atoms with van der Waals surface area (Å²) >= 11 is 0. The number of ether oxygens (including phenoxy) is 2. The van der Waals surface area contributed by atoms with E-state index in [0.29, 0.717) is 23.1 Å². The number of amides is 1. The molecule has 2 aliphatic heterocycles. The fourth-order valence-electron chi connectivity index (χ4n) is 2.39. The van der Waals surface area contributed by atoms with Crippen molar-refractivity contribution < 1.29 is 14.3 Å². The Bertz CT molecular complexity index is 475. The zero-order chi connectivity index (χ0) is 12.5. The van der Waals surface area contributed by atoms with E-state index in [2.05, 4.69) is 12.2 Å². The number of nitrogens with zero attached hydrogens (tertiary/aromatic N) is 1. The zero-order valence-corrected chi connectivity index (χ0v) is 10.3. The molecular weight excluding hydrogens is 232 g/mol. The Hall–Kier alpha value is -1.75. The second-order valence-electron chi connectivity index (χ2n) is 4.65. The number of benzene rings is 1. The molecule has 0 spiro atoms. The Labute approximate surface area is 106 Å². The molecule has 0 bridgehead atoms. The van der Waals surface area contributed by atoms with Crippen LogP contribution in [-0.4, -0.2) is 43.3 Å². The van der Waals surface area contributed by atoms with Crippen molar-refractivity contribution in [1.29, 1.82) is 0 Å². The molecule has 2 aliphatic rings. The van der Waals surface area contributed by atoms with Gasteiger partial charge in [0.2, 0.25) is 6.79 Å². The number of carbonyl (C=O) groups excluding carboxylic acids is 1. The van der Waals surface area contributed by atoms with E-state index in [-0.39, 0.29) is 12.7 Å². The van der Waals surface area contributed by atoms with Gasteiger partial charge in [-0.1, -0.05) is 6.07 Å². The van der Waals surface area contributed by atoms with Crippen molar-refractivity contribution in [2.45, 2.75) is 13.0 Å². The molecule has 1 N–H and O–H groups in total. The van der Waals surface area contributed by atoms with Crippen LogP contribution in [0.15, 0.2) is 18.2 Å². The van der Waals surface area contributed by atoms with Gasteiger partial charge in [-0.3, -0.25) is 4.79 Å². The van der Waals surface area contributed by atoms with Crippen molar-refractivity contribution in [2.75, 3.05) is 26.4 Å². The largest absolute Gasteiger partial charge is 0.454 e. The van der Waals surface area contributed by atoms with Gasteiger partial charge in [-0.05, 0) is 19.1 Å². The Morgan fingerprint density at radius 2 is 2.33 bits per heavy atom. The molecule has 0 aromatic heterocycles. The molecule has 1 aromatic rings. The monoisotopic (exact) mass is 248 g/mol. The Morgan fingerprint density at radius 1 is 1.44 bits per heavy atom. The third kappa shape index (κ3) is 1.90. The van der Waals surface area contributed by atoms with Crippen LogP contribution >= 0.6 is 0 Å². The molecule has 5 heteroatoms. The molecule has 3 rings (SSSR count). The van der Waals surface area contributed by atoms with Gasteiger partial charge in [-0.15, -0.1) is 0 Å². The van der Waals surface area contributed by atoms with Crippen LogP contribution in [0, 0.1) is 0 Å². The molecule has 1 aromatic carbocycles. The highest BCUT2D eigenvalue weighted by Crippen LogP contribution is 2.35. The van der Waals surface area contributed by atoms with Gasteiger partial charge >= 0.3 is 0 Å². The smallest absolute Gasteiger partial charge is 0.257 e. The van der Waals surface area contributed by atoms with E-state index in [4.69, 9.17) is 9.47 Å². The van der Waals surface area contributed by atoms with Gasteiger partial charge in [0.1, 0.15) is 0 Å². The maximum Gasteiger partial charge on any atom is 0.257 e. The standard InChI is InChI=1S/C13H16N2O3/c1-9-7-15(6-5-14-9)13(16)10-3-2-4-11-12(10)18-8-17-11/h2-4,9,14H,5-8H2,1H3/t9-/m1/s1. The molecule has 1 fully saturated rings. The molecule has 0 unspecified atom stereocenters. The van der Waals surface area contributed by atoms with Crippen LogP contribution < -0.4 is 14.8 Å². The van der Waals surface area contributed by atoms with Crippen LogP contribution in [0.4, 0.5) is 0 Å². The van der Waals surface area contributed by atoms with Crippen molar-refractivity contribution in [3.8, 4) is 11.5 Å². The van der Waals surface area contributed by atoms with Crippen LogP contribution in [0.2, 0.25) is 0 Å². The summed E-state index contributed by atoms with van der Waals surface area (Å²) in [6.07, 6.45) is 0. The van der Waals surface area contributed by atoms with Crippen LogP contribution in [0.3, 0.4) is 0 Å². The second kappa shape index (κ2) is 4.49. The SMILES string of the molecule is C[C@@H]1CN(C(=O)c2cccc3c2OCO3)CCN1. The van der Waals surface area contributed by atoms with Gasteiger partial charge in [0.05, 0.1) is 5.56 Å². The molecule has 0 saturated carbocycles. The summed E-state index contributed by atoms with van der Waals surface area (Å²) in [7, 11) is 0. The van der Waals surface area contributed by atoms with Gasteiger partial charge < -0.3 is 19.7 Å². The Kier molecular flexibility index (Phi) is 2.83. The first-order valence-electron chi connectivity index (χ1n) is 6.17. The van der Waals surface area contributed by atoms with E-state index >= 15 is 0 Å². The molecule has 0 radical (unpaired) electrons. The summed E-state index contributed by atoms with van der Waals surface area (Å²) in [6.45, 7) is 4.56. The minimum absolute atomic E-state index is 0.0192. The number of para-hydroxylation sites is 1. The lowest BCUT2D eigenvalue weighted by molar-refractivity contribution is 0.0704. The maximum absolute atomic E-state index is 12.5. The number of hydrogen-bond donors (Lipinski definition) is 1. The van der Waals surface area contributed by atoms with E-state index in [0.717, 1.165) is 19.6 Å². The molecule has 1 atom stereocenters. The third-order valence-electron chi connectivity index (χ3n) is 3.28. The average Bonchev–Trinajstić information content (AvgIpc) is 2.86. The van der Waals surface area contributed by atoms with Crippen LogP contribution in [0.5, 0.6) is 11.5 Å². The molecule has 1 amide bonds. The first kappa shape index (κ1) is 11.3. The van der Waals surface area contributed by atoms with Crippen molar-refractivity contribution in [3.05, 3.63) is 23.8 Å². The summed E-state index contributed by atoms with van der Waals surface area (Å²) in [4.78, 5) is 14.3. The molecule has 96 valence electrons. The summed E-state index contributed by atoms with van der Waals surface area (Å²) in [5.74, 6) is 1.25. The first-order chi connectivity index (χ1) is 8.75. The predicted octanol–water partition coefficient (Wildman–Crippen LogP) is 0.849. The molecular formula is C13H16N2O3. The fraction of sp³-hybridized carbons (Fsp3) is 0.462. The molecule has 2 heterocycles. The van der Waals surface area contributed by atoms with Crippen molar-refractivity contribution in [1.82, 2.24) is 10.2 Å². The van der Waals surface area contributed by atoms with Gasteiger partial charge in [0.15, 0.2) is 11.5 Å². The van der Waals surface area contributed by atoms with E-state index in [1.54, 1.807) is 6.07 Å². The quantitative estimate of drug-likeness (QED) is 0.800. The summed E-state index contributed by atoms with van der Waals surface area (Å²) in [6, 6.07) is 5.77. The van der Waals surface area contributed by atoms with Crippen LogP contribution in [0.1, 0.15) is 17.3 Å². The molecule has 1 saturated heterocycles. The highest BCUT2D eigenvalue weighted by Gasteiger charge is 2.27. The normalized spacial score (nSPS) is 22.1. The summed E-state index contributed by atoms with van der Waals surface area (Å²) < 4.78 is 10.7. The van der Waals surface area contributed by atoms with Crippen LogP contribution in [0.25, 0.3) is 0 Å². The molecule has 18 heavy (non-hydrogen) atoms. The van der Waals surface area contributed by atoms with Crippen molar-refractivity contribution in [3.63, 3.8) is 0 Å². The maximum atomic E-state index is 12.5. The lowest BCUT2D eigenvalue weighted by Crippen LogP contribution is -2.51. The second-order valence-corrected chi connectivity index (χ2v) is 4.65. The number of nitrogens with one attached hydrogen (secondary N) is 1. The highest BCUT2D eigenvalue weighted by atomic mass is 16.7. The predicted molar refractivity (Wildman–Crippen MR) is 65.9 cm³/mol. The van der Waals surface area contributed by atoms with Gasteiger partial charge in [0, 0.05) is 25.7 Å². The molecule has 0 aliphatic carbocycles. The number of hydrogen-bond acceptors (Lipinski definition) is 4. The average molecular weight is 248 g/mol. The van der Waals surface area contributed by atoms with E-state index < -0.39 is 0 Å². The topological polar surface area (TPSA) is 50.8 Å². The Morgan fingerprint density at radius 3 is 3.17 bits per heavy atom. The highest BCUT2D eigenvalue weighted by molar-refractivity contribution is 5.98. The lowest BCUT2D eigenvalue weighted by atomic mass is 10.1. The van der Waals surface area contributed by atoms with E-state index in [9.17, 15) is 4.79 Å². The Balaban J connectivity index is 1.86. The van der Waals surface area contributed by atoms with E-state index in [1.165, 1.54) is 0 Å². The number of carbonyl (C=O) groups is 1. The number of piperazine rings is 1.